The normalized spacial score (nSPS) is 38.0. The first-order chi connectivity index (χ1) is 6.20. The van der Waals surface area contributed by atoms with Gasteiger partial charge < -0.3 is 10.0 Å². The molecule has 74 valence electrons. The fraction of sp³-hybridized carbons (Fsp3) is 0.900. The van der Waals surface area contributed by atoms with E-state index in [0.717, 1.165) is 25.9 Å². The summed E-state index contributed by atoms with van der Waals surface area (Å²) in [5, 5.41) is 9.02. The predicted octanol–water partition coefficient (Wildman–Crippen LogP) is 0.483. The van der Waals surface area contributed by atoms with Crippen LogP contribution in [0.1, 0.15) is 19.8 Å². The maximum Gasteiger partial charge on any atom is 0.219 e. The van der Waals surface area contributed by atoms with Crippen molar-refractivity contribution in [3.05, 3.63) is 0 Å². The van der Waals surface area contributed by atoms with E-state index in [1.54, 1.807) is 6.92 Å². The molecular weight excluding hydrogens is 166 g/mol. The minimum Gasteiger partial charge on any atom is -0.396 e. The number of fused-ring (bicyclic) bond motifs is 1. The molecule has 1 amide bonds. The number of nitrogens with zero attached hydrogens (tertiary/aromatic N) is 1. The quantitative estimate of drug-likeness (QED) is 0.642. The van der Waals surface area contributed by atoms with Gasteiger partial charge in [0.25, 0.3) is 0 Å². The average Bonchev–Trinajstić information content (AvgIpc) is 2.58. The van der Waals surface area contributed by atoms with Crippen molar-refractivity contribution in [1.29, 1.82) is 0 Å². The first-order valence-electron chi connectivity index (χ1n) is 5.07. The summed E-state index contributed by atoms with van der Waals surface area (Å²) in [7, 11) is 0. The maximum atomic E-state index is 11.1. The maximum absolute atomic E-state index is 11.1. The van der Waals surface area contributed by atoms with Crippen LogP contribution in [0.4, 0.5) is 0 Å². The summed E-state index contributed by atoms with van der Waals surface area (Å²) in [6.45, 7) is 3.82. The van der Waals surface area contributed by atoms with Crippen molar-refractivity contribution < 1.29 is 9.90 Å². The fourth-order valence-electron chi connectivity index (χ4n) is 2.83. The van der Waals surface area contributed by atoms with E-state index in [0.29, 0.717) is 24.4 Å². The summed E-state index contributed by atoms with van der Waals surface area (Å²) in [6, 6.07) is 0. The van der Waals surface area contributed by atoms with E-state index in [1.165, 1.54) is 0 Å². The van der Waals surface area contributed by atoms with Crippen LogP contribution in [0.5, 0.6) is 0 Å². The number of amides is 1. The van der Waals surface area contributed by atoms with Crippen molar-refractivity contribution in [3.63, 3.8) is 0 Å². The molecule has 2 rings (SSSR count). The highest BCUT2D eigenvalue weighted by atomic mass is 16.3. The van der Waals surface area contributed by atoms with E-state index in [2.05, 4.69) is 0 Å². The van der Waals surface area contributed by atoms with Crippen LogP contribution in [-0.2, 0) is 4.79 Å². The van der Waals surface area contributed by atoms with Gasteiger partial charge in [0, 0.05) is 26.6 Å². The second-order valence-electron chi connectivity index (χ2n) is 4.46. The van der Waals surface area contributed by atoms with Gasteiger partial charge in [-0.2, -0.15) is 0 Å². The molecule has 2 atom stereocenters. The van der Waals surface area contributed by atoms with E-state index in [-0.39, 0.29) is 5.91 Å². The van der Waals surface area contributed by atoms with Crippen LogP contribution in [0.2, 0.25) is 0 Å². The smallest absolute Gasteiger partial charge is 0.219 e. The number of carbonyl (C=O) groups excluding carboxylic acids is 1. The van der Waals surface area contributed by atoms with E-state index in [1.807, 2.05) is 4.90 Å². The lowest BCUT2D eigenvalue weighted by atomic mass is 10.0. The second-order valence-corrected chi connectivity index (χ2v) is 4.46. The van der Waals surface area contributed by atoms with Gasteiger partial charge in [-0.3, -0.25) is 4.79 Å². The third kappa shape index (κ3) is 1.57. The molecule has 3 nitrogen and oxygen atoms in total. The number of hydrogen-bond donors (Lipinski definition) is 1. The Morgan fingerprint density at radius 3 is 2.31 bits per heavy atom. The zero-order valence-corrected chi connectivity index (χ0v) is 8.07. The zero-order chi connectivity index (χ0) is 9.42. The van der Waals surface area contributed by atoms with Gasteiger partial charge in [0.1, 0.15) is 0 Å². The summed E-state index contributed by atoms with van der Waals surface area (Å²) in [5.41, 5.74) is 0. The van der Waals surface area contributed by atoms with Crippen molar-refractivity contribution >= 4 is 5.91 Å². The van der Waals surface area contributed by atoms with E-state index < -0.39 is 0 Å². The van der Waals surface area contributed by atoms with E-state index >= 15 is 0 Å². The Labute approximate surface area is 78.7 Å². The lowest BCUT2D eigenvalue weighted by molar-refractivity contribution is -0.128. The molecule has 0 aromatic carbocycles. The minimum absolute atomic E-state index is 0.204. The highest BCUT2D eigenvalue weighted by molar-refractivity contribution is 5.73. The lowest BCUT2D eigenvalue weighted by Gasteiger charge is -2.16. The number of carbonyl (C=O) groups is 1. The van der Waals surface area contributed by atoms with Gasteiger partial charge in [-0.15, -0.1) is 0 Å². The fourth-order valence-corrected chi connectivity index (χ4v) is 2.83. The van der Waals surface area contributed by atoms with Crippen LogP contribution in [0.25, 0.3) is 0 Å². The van der Waals surface area contributed by atoms with Gasteiger partial charge in [0.15, 0.2) is 0 Å². The van der Waals surface area contributed by atoms with Gasteiger partial charge in [-0.05, 0) is 30.6 Å². The molecule has 1 N–H and O–H groups in total. The standard InChI is InChI=1S/C10H17NO2/c1-7(13)11-4-9-2-8(6-12)3-10(9)5-11/h8-10,12H,2-6H2,1H3. The number of rotatable bonds is 1. The van der Waals surface area contributed by atoms with Crippen molar-refractivity contribution in [2.75, 3.05) is 19.7 Å². The molecule has 1 aliphatic carbocycles. The molecule has 1 heterocycles. The number of aliphatic hydroxyl groups is 1. The van der Waals surface area contributed by atoms with E-state index in [4.69, 9.17) is 5.11 Å². The Morgan fingerprint density at radius 2 is 1.92 bits per heavy atom. The molecule has 3 heteroatoms. The Morgan fingerprint density at radius 1 is 1.38 bits per heavy atom. The molecule has 0 radical (unpaired) electrons. The molecule has 0 aromatic heterocycles. The Kier molecular flexibility index (Phi) is 2.28. The highest BCUT2D eigenvalue weighted by Gasteiger charge is 2.41. The predicted molar refractivity (Wildman–Crippen MR) is 49.0 cm³/mol. The average molecular weight is 183 g/mol. The summed E-state index contributed by atoms with van der Waals surface area (Å²) in [5.74, 6) is 2.04. The van der Waals surface area contributed by atoms with Crippen LogP contribution < -0.4 is 0 Å². The minimum atomic E-state index is 0.204. The van der Waals surface area contributed by atoms with Gasteiger partial charge in [0.2, 0.25) is 5.91 Å². The monoisotopic (exact) mass is 183 g/mol. The molecule has 0 spiro atoms. The van der Waals surface area contributed by atoms with Gasteiger partial charge in [-0.25, -0.2) is 0 Å². The Hall–Kier alpha value is -0.570. The molecule has 2 unspecified atom stereocenters. The van der Waals surface area contributed by atoms with Crippen LogP contribution in [-0.4, -0.2) is 35.6 Å². The third-order valence-corrected chi connectivity index (χ3v) is 3.55. The van der Waals surface area contributed by atoms with Gasteiger partial charge >= 0.3 is 0 Å². The third-order valence-electron chi connectivity index (χ3n) is 3.55. The molecule has 1 saturated heterocycles. The van der Waals surface area contributed by atoms with Crippen LogP contribution in [0, 0.1) is 17.8 Å². The summed E-state index contributed by atoms with van der Waals surface area (Å²) < 4.78 is 0. The molecule has 1 aliphatic heterocycles. The van der Waals surface area contributed by atoms with Crippen molar-refractivity contribution in [2.45, 2.75) is 19.8 Å². The first-order valence-corrected chi connectivity index (χ1v) is 5.07. The summed E-state index contributed by atoms with van der Waals surface area (Å²) in [6.07, 6.45) is 2.23. The highest BCUT2D eigenvalue weighted by Crippen LogP contribution is 2.41. The zero-order valence-electron chi connectivity index (χ0n) is 8.07. The van der Waals surface area contributed by atoms with Crippen LogP contribution in [0.3, 0.4) is 0 Å². The molecule has 1 saturated carbocycles. The lowest BCUT2D eigenvalue weighted by Crippen LogP contribution is -2.27. The van der Waals surface area contributed by atoms with Crippen molar-refractivity contribution in [1.82, 2.24) is 4.90 Å². The SMILES string of the molecule is CC(=O)N1CC2CC(CO)CC2C1. The largest absolute Gasteiger partial charge is 0.396 e. The van der Waals surface area contributed by atoms with Crippen LogP contribution in [0.15, 0.2) is 0 Å². The van der Waals surface area contributed by atoms with Crippen molar-refractivity contribution in [3.8, 4) is 0 Å². The topological polar surface area (TPSA) is 40.5 Å². The van der Waals surface area contributed by atoms with E-state index in [9.17, 15) is 4.79 Å². The van der Waals surface area contributed by atoms with Crippen LogP contribution >= 0.6 is 0 Å². The number of aliphatic hydroxyl groups excluding tert-OH is 1. The molecule has 13 heavy (non-hydrogen) atoms. The summed E-state index contributed by atoms with van der Waals surface area (Å²) >= 11 is 0. The molecular formula is C10H17NO2. The summed E-state index contributed by atoms with van der Waals surface area (Å²) in [4.78, 5) is 13.1. The first kappa shape index (κ1) is 9.00. The number of likely N-dealkylation sites (tertiary alicyclic amines) is 1. The van der Waals surface area contributed by atoms with Gasteiger partial charge in [0.05, 0.1) is 0 Å². The molecule has 0 bridgehead atoms. The Balaban J connectivity index is 1.93. The Bertz CT molecular complexity index is 203. The molecule has 0 aromatic rings. The van der Waals surface area contributed by atoms with Crippen molar-refractivity contribution in [2.24, 2.45) is 17.8 Å². The van der Waals surface area contributed by atoms with Gasteiger partial charge in [-0.1, -0.05) is 0 Å². The second kappa shape index (κ2) is 3.29. The molecule has 2 fully saturated rings. The number of hydrogen-bond acceptors (Lipinski definition) is 2. The molecule has 2 aliphatic rings.